The van der Waals surface area contributed by atoms with E-state index in [9.17, 15) is 18.3 Å². The minimum Gasteiger partial charge on any atom is -0.481 e. The van der Waals surface area contributed by atoms with E-state index in [4.69, 9.17) is 21.4 Å². The molecule has 8 nitrogen and oxygen atoms in total. The van der Waals surface area contributed by atoms with Gasteiger partial charge in [0, 0.05) is 28.9 Å². The molecule has 1 fully saturated rings. The van der Waals surface area contributed by atoms with Gasteiger partial charge in [-0.2, -0.15) is 15.7 Å². The third-order valence-electron chi connectivity index (χ3n) is 5.88. The van der Waals surface area contributed by atoms with Gasteiger partial charge >= 0.3 is 0 Å². The third kappa shape index (κ3) is 4.70. The van der Waals surface area contributed by atoms with Crippen molar-refractivity contribution in [3.05, 3.63) is 71.1 Å². The summed E-state index contributed by atoms with van der Waals surface area (Å²) in [5, 5.41) is 8.75. The van der Waals surface area contributed by atoms with E-state index in [1.54, 1.807) is 41.1 Å². The molecule has 4 aromatic rings. The second kappa shape index (κ2) is 9.12. The van der Waals surface area contributed by atoms with Gasteiger partial charge in [0.15, 0.2) is 0 Å². The van der Waals surface area contributed by atoms with Crippen molar-refractivity contribution in [2.45, 2.75) is 12.5 Å². The molecule has 0 spiro atoms. The summed E-state index contributed by atoms with van der Waals surface area (Å²) < 4.78 is 40.4. The van der Waals surface area contributed by atoms with Crippen LogP contribution >= 0.6 is 22.2 Å². The lowest BCUT2D eigenvalue weighted by Gasteiger charge is -2.26. The Kier molecular flexibility index (Phi) is 6.14. The summed E-state index contributed by atoms with van der Waals surface area (Å²) in [6.45, 7) is 0. The Morgan fingerprint density at radius 2 is 2.00 bits per heavy atom. The van der Waals surface area contributed by atoms with Crippen molar-refractivity contribution in [3.8, 4) is 22.8 Å². The van der Waals surface area contributed by atoms with Gasteiger partial charge in [-0.05, 0) is 55.0 Å². The lowest BCUT2D eigenvalue weighted by Crippen LogP contribution is -2.35. The lowest BCUT2D eigenvalue weighted by molar-refractivity contribution is 0.0941. The molecule has 0 radical (unpaired) electrons. The number of benzene rings is 2. The summed E-state index contributed by atoms with van der Waals surface area (Å²) in [6.07, 6.45) is 1.99. The van der Waals surface area contributed by atoms with Gasteiger partial charge in [-0.25, -0.2) is 14.1 Å². The molecular weight excluding hydrogens is 495 g/mol. The fourth-order valence-corrected chi connectivity index (χ4v) is 6.08. The first kappa shape index (κ1) is 23.6. The second-order valence-electron chi connectivity index (χ2n) is 8.31. The lowest BCUT2D eigenvalue weighted by atomic mass is 10.1. The Balaban J connectivity index is 1.62. The van der Waals surface area contributed by atoms with Gasteiger partial charge in [0.25, 0.3) is 5.91 Å². The molecule has 0 aliphatic carbocycles. The highest BCUT2D eigenvalue weighted by Gasteiger charge is 2.29. The zero-order chi connectivity index (χ0) is 24.7. The number of fused-ring (bicyclic) bond motifs is 1. The minimum absolute atomic E-state index is 0.153. The number of nitrogens with zero attached hydrogens (tertiary/aromatic N) is 3. The maximum atomic E-state index is 13.6. The van der Waals surface area contributed by atoms with Crippen LogP contribution in [-0.2, 0) is 0 Å². The third-order valence-corrected chi connectivity index (χ3v) is 7.91. The monoisotopic (exact) mass is 516 g/mol. The number of carbonyl (C=O) groups excluding carboxylic acids is 1. The highest BCUT2D eigenvalue weighted by Crippen LogP contribution is 2.45. The van der Waals surface area contributed by atoms with Gasteiger partial charge in [-0.3, -0.25) is 13.9 Å². The van der Waals surface area contributed by atoms with Crippen LogP contribution in [0, 0.1) is 5.82 Å². The molecule has 182 valence electrons. The SMILES string of the molecule is COc1ncc(Cl)cc1-c1nn(-c2ccc(F)cc2)c2cc(C(=O)NC3CCS(O)(O)C3)ccc12. The van der Waals surface area contributed by atoms with Crippen molar-refractivity contribution < 1.29 is 23.0 Å². The molecule has 3 N–H and O–H groups in total. The standard InChI is InChI=1S/C24H22ClFN4O4S/c1-34-24-20(11-15(25)12-27-24)22-19-7-2-14(23(31)28-17-8-9-35(32,33)13-17)10-21(19)30(29-22)18-5-3-16(26)4-6-18/h2-7,10-12,17,32-33H,8-9,13H2,1H3,(H,28,31). The van der Waals surface area contributed by atoms with Crippen LogP contribution in [0.2, 0.25) is 5.02 Å². The van der Waals surface area contributed by atoms with E-state index in [-0.39, 0.29) is 29.3 Å². The highest BCUT2D eigenvalue weighted by molar-refractivity contribution is 8.24. The van der Waals surface area contributed by atoms with E-state index in [2.05, 4.69) is 10.3 Å². The Labute approximate surface area is 207 Å². The molecule has 0 saturated carbocycles. The van der Waals surface area contributed by atoms with Crippen LogP contribution in [0.3, 0.4) is 0 Å². The van der Waals surface area contributed by atoms with Crippen molar-refractivity contribution in [1.82, 2.24) is 20.1 Å². The number of nitrogens with one attached hydrogen (secondary N) is 1. The molecule has 1 saturated heterocycles. The molecule has 35 heavy (non-hydrogen) atoms. The van der Waals surface area contributed by atoms with Crippen molar-refractivity contribution in [1.29, 1.82) is 0 Å². The molecule has 1 amide bonds. The summed E-state index contributed by atoms with van der Waals surface area (Å²) in [4.78, 5) is 17.2. The molecule has 2 aromatic carbocycles. The number of amides is 1. The van der Waals surface area contributed by atoms with E-state index >= 15 is 0 Å². The number of pyridine rings is 1. The summed E-state index contributed by atoms with van der Waals surface area (Å²) in [7, 11) is -1.13. The van der Waals surface area contributed by atoms with Crippen molar-refractivity contribution in [2.24, 2.45) is 0 Å². The van der Waals surface area contributed by atoms with Crippen LogP contribution in [0.5, 0.6) is 5.88 Å². The van der Waals surface area contributed by atoms with Crippen LogP contribution in [0.25, 0.3) is 27.8 Å². The predicted octanol–water partition coefficient (Wildman–Crippen LogP) is 5.14. The van der Waals surface area contributed by atoms with E-state index in [0.717, 1.165) is 0 Å². The minimum atomic E-state index is -2.63. The molecule has 0 bridgehead atoms. The zero-order valence-corrected chi connectivity index (χ0v) is 20.2. The molecule has 1 aliphatic heterocycles. The maximum Gasteiger partial charge on any atom is 0.251 e. The van der Waals surface area contributed by atoms with Gasteiger partial charge in [0.1, 0.15) is 11.5 Å². The molecular formula is C24H22ClFN4O4S. The first-order valence-electron chi connectivity index (χ1n) is 10.8. The van der Waals surface area contributed by atoms with Crippen LogP contribution in [0.4, 0.5) is 4.39 Å². The second-order valence-corrected chi connectivity index (χ2v) is 11.1. The smallest absolute Gasteiger partial charge is 0.251 e. The molecule has 3 heterocycles. The van der Waals surface area contributed by atoms with Gasteiger partial charge in [-0.1, -0.05) is 11.6 Å². The average Bonchev–Trinajstić information content (AvgIpc) is 3.38. The van der Waals surface area contributed by atoms with E-state index in [1.807, 2.05) is 0 Å². The van der Waals surface area contributed by atoms with Crippen LogP contribution in [-0.4, -0.2) is 54.4 Å². The van der Waals surface area contributed by atoms with E-state index < -0.39 is 10.6 Å². The fraction of sp³-hybridized carbons (Fsp3) is 0.208. The Hall–Kier alpha value is -3.18. The van der Waals surface area contributed by atoms with Crippen molar-refractivity contribution in [2.75, 3.05) is 18.6 Å². The van der Waals surface area contributed by atoms with Crippen molar-refractivity contribution in [3.63, 3.8) is 0 Å². The average molecular weight is 517 g/mol. The summed E-state index contributed by atoms with van der Waals surface area (Å²) in [5.41, 5.74) is 2.69. The van der Waals surface area contributed by atoms with Crippen molar-refractivity contribution >= 4 is 39.0 Å². The number of carbonyl (C=O) groups is 1. The van der Waals surface area contributed by atoms with Crippen LogP contribution < -0.4 is 10.1 Å². The largest absolute Gasteiger partial charge is 0.481 e. The van der Waals surface area contributed by atoms with Gasteiger partial charge in [-0.15, -0.1) is 0 Å². The maximum absolute atomic E-state index is 13.6. The normalized spacial score (nSPS) is 17.9. The van der Waals surface area contributed by atoms with Crippen LogP contribution in [0.1, 0.15) is 16.8 Å². The number of hydrogen-bond donors (Lipinski definition) is 3. The Bertz CT molecular complexity index is 1430. The van der Waals surface area contributed by atoms with Crippen LogP contribution in [0.15, 0.2) is 54.7 Å². The number of ether oxygens (including phenoxy) is 1. The fourth-order valence-electron chi connectivity index (χ4n) is 4.20. The molecule has 1 aliphatic rings. The molecule has 2 aromatic heterocycles. The number of rotatable bonds is 5. The highest BCUT2D eigenvalue weighted by atomic mass is 35.5. The zero-order valence-electron chi connectivity index (χ0n) is 18.6. The summed E-state index contributed by atoms with van der Waals surface area (Å²) >= 11 is 6.20. The predicted molar refractivity (Wildman–Crippen MR) is 134 cm³/mol. The Morgan fingerprint density at radius 3 is 2.69 bits per heavy atom. The Morgan fingerprint density at radius 1 is 1.23 bits per heavy atom. The molecule has 1 unspecified atom stereocenters. The van der Waals surface area contributed by atoms with E-state index in [0.29, 0.717) is 50.7 Å². The summed E-state index contributed by atoms with van der Waals surface area (Å²) in [5.74, 6) is 0.0631. The van der Waals surface area contributed by atoms with E-state index in [1.165, 1.54) is 25.4 Å². The molecule has 11 heteroatoms. The topological polar surface area (TPSA) is 110 Å². The van der Waals surface area contributed by atoms with Gasteiger partial charge < -0.3 is 10.1 Å². The number of aromatic nitrogens is 3. The molecule has 5 rings (SSSR count). The number of methoxy groups -OCH3 is 1. The van der Waals surface area contributed by atoms with Gasteiger partial charge in [0.05, 0.1) is 34.7 Å². The number of halogens is 2. The number of hydrogen-bond acceptors (Lipinski definition) is 6. The first-order valence-corrected chi connectivity index (χ1v) is 13.0. The quantitative estimate of drug-likeness (QED) is 0.339. The summed E-state index contributed by atoms with van der Waals surface area (Å²) in [6, 6.07) is 12.4. The van der Waals surface area contributed by atoms with Gasteiger partial charge in [0.2, 0.25) is 5.88 Å². The molecule has 1 atom stereocenters. The first-order chi connectivity index (χ1) is 16.7.